The Bertz CT molecular complexity index is 1230. The molecule has 0 aliphatic heterocycles. The third kappa shape index (κ3) is 39.7. The molecule has 0 saturated carbocycles. The van der Waals surface area contributed by atoms with Crippen molar-refractivity contribution in [2.75, 3.05) is 13.2 Å². The van der Waals surface area contributed by atoms with E-state index in [0.717, 1.165) is 77.0 Å². The highest BCUT2D eigenvalue weighted by molar-refractivity contribution is 7.46. The molecule has 0 aromatic carbocycles. The average molecular weight is 759 g/mol. The number of allylic oxidation sites excluding steroid dienone is 17. The van der Waals surface area contributed by atoms with Crippen LogP contribution in [0.3, 0.4) is 0 Å². The number of aliphatic hydroxyl groups excluding tert-OH is 1. The first-order valence-electron chi connectivity index (χ1n) is 19.3. The van der Waals surface area contributed by atoms with Gasteiger partial charge in [0.2, 0.25) is 0 Å². The molecule has 0 heterocycles. The number of hydrogen-bond donors (Lipinski definition) is 3. The molecule has 3 N–H and O–H groups in total. The van der Waals surface area contributed by atoms with Crippen LogP contribution in [0.4, 0.5) is 0 Å². The molecule has 0 aromatic heterocycles. The van der Waals surface area contributed by atoms with E-state index in [0.29, 0.717) is 19.3 Å². The fourth-order valence-electron chi connectivity index (χ4n) is 4.57. The van der Waals surface area contributed by atoms with Gasteiger partial charge in [-0.2, -0.15) is 0 Å². The molecule has 0 radical (unpaired) electrons. The van der Waals surface area contributed by atoms with Crippen molar-refractivity contribution in [1.29, 1.82) is 0 Å². The number of esters is 2. The highest BCUT2D eigenvalue weighted by Gasteiger charge is 2.23. The minimum absolute atomic E-state index is 0.0236. The summed E-state index contributed by atoms with van der Waals surface area (Å²) in [5.74, 6) is -1.13. The van der Waals surface area contributed by atoms with Crippen molar-refractivity contribution >= 4 is 19.8 Å². The van der Waals surface area contributed by atoms with Crippen LogP contribution in [0.25, 0.3) is 0 Å². The molecule has 0 bridgehead atoms. The Balaban J connectivity index is 4.24. The Kier molecular flexibility index (Phi) is 34.7. The number of carbonyl (C=O) groups is 2. The average Bonchev–Trinajstić information content (AvgIpc) is 3.12. The van der Waals surface area contributed by atoms with E-state index in [4.69, 9.17) is 19.3 Å². The zero-order valence-corrected chi connectivity index (χ0v) is 33.1. The first-order chi connectivity index (χ1) is 25.7. The van der Waals surface area contributed by atoms with E-state index in [1.165, 1.54) is 0 Å². The molecule has 0 saturated heterocycles. The van der Waals surface area contributed by atoms with Crippen molar-refractivity contribution in [2.24, 2.45) is 0 Å². The molecular formula is C43H67O9P. The van der Waals surface area contributed by atoms with Crippen LogP contribution in [-0.2, 0) is 28.2 Å². The Morgan fingerprint density at radius 2 is 1.08 bits per heavy atom. The third-order valence-electron chi connectivity index (χ3n) is 7.39. The molecule has 1 unspecified atom stereocenters. The lowest BCUT2D eigenvalue weighted by Crippen LogP contribution is -2.29. The second kappa shape index (κ2) is 37.0. The highest BCUT2D eigenvalue weighted by Crippen LogP contribution is 2.36. The fraction of sp³-hybridized carbons (Fsp3) is 0.535. The summed E-state index contributed by atoms with van der Waals surface area (Å²) in [7, 11) is -4.81. The largest absolute Gasteiger partial charge is 0.469 e. The van der Waals surface area contributed by atoms with Gasteiger partial charge in [-0.3, -0.25) is 14.1 Å². The van der Waals surface area contributed by atoms with Crippen molar-refractivity contribution in [3.8, 4) is 0 Å². The van der Waals surface area contributed by atoms with Gasteiger partial charge in [0, 0.05) is 12.8 Å². The van der Waals surface area contributed by atoms with Gasteiger partial charge in [-0.1, -0.05) is 136 Å². The Morgan fingerprint density at radius 1 is 0.585 bits per heavy atom. The Hall–Kier alpha value is -3.33. The first-order valence-corrected chi connectivity index (χ1v) is 20.8. The van der Waals surface area contributed by atoms with E-state index in [9.17, 15) is 19.3 Å². The van der Waals surface area contributed by atoms with E-state index in [2.05, 4.69) is 103 Å². The molecule has 0 aliphatic rings. The topological polar surface area (TPSA) is 140 Å². The van der Waals surface area contributed by atoms with Gasteiger partial charge < -0.3 is 24.4 Å². The summed E-state index contributed by atoms with van der Waals surface area (Å²) in [5, 5.41) is 10.2. The SMILES string of the molecule is CC/C=C\C/C=C\C/C=C\C/C=C\C=C\C(O)CCCC(=O)OC[C@H](COP(=O)(O)O)OC(=O)CCCCCC/C=C\C/C=C\C/C=C\C/C=C\CC. The molecule has 0 fully saturated rings. The predicted octanol–water partition coefficient (Wildman–Crippen LogP) is 10.6. The molecule has 0 spiro atoms. The lowest BCUT2D eigenvalue weighted by atomic mass is 10.1. The van der Waals surface area contributed by atoms with Gasteiger partial charge >= 0.3 is 19.8 Å². The van der Waals surface area contributed by atoms with Crippen LogP contribution in [0.2, 0.25) is 0 Å². The van der Waals surface area contributed by atoms with Crippen LogP contribution in [-0.4, -0.2) is 52.3 Å². The maximum absolute atomic E-state index is 12.4. The van der Waals surface area contributed by atoms with E-state index < -0.39 is 45.2 Å². The molecule has 0 rings (SSSR count). The quantitative estimate of drug-likeness (QED) is 0.0196. The second-order valence-electron chi connectivity index (χ2n) is 12.3. The summed E-state index contributed by atoms with van der Waals surface area (Å²) in [4.78, 5) is 42.8. The van der Waals surface area contributed by atoms with E-state index >= 15 is 0 Å². The maximum Gasteiger partial charge on any atom is 0.469 e. The number of carbonyl (C=O) groups excluding carboxylic acids is 2. The van der Waals surface area contributed by atoms with E-state index in [-0.39, 0.29) is 12.8 Å². The van der Waals surface area contributed by atoms with Crippen molar-refractivity contribution in [3.63, 3.8) is 0 Å². The van der Waals surface area contributed by atoms with Crippen LogP contribution >= 0.6 is 7.82 Å². The number of aliphatic hydroxyl groups is 1. The van der Waals surface area contributed by atoms with E-state index in [1.807, 2.05) is 12.2 Å². The van der Waals surface area contributed by atoms with Gasteiger partial charge in [0.25, 0.3) is 0 Å². The van der Waals surface area contributed by atoms with Gasteiger partial charge in [-0.05, 0) is 83.5 Å². The van der Waals surface area contributed by atoms with Crippen LogP contribution in [0.15, 0.2) is 109 Å². The van der Waals surface area contributed by atoms with Crippen LogP contribution in [0.5, 0.6) is 0 Å². The third-order valence-corrected chi connectivity index (χ3v) is 7.88. The van der Waals surface area contributed by atoms with Crippen molar-refractivity contribution in [1.82, 2.24) is 0 Å². The van der Waals surface area contributed by atoms with Crippen LogP contribution in [0.1, 0.15) is 123 Å². The normalized spacial score (nSPS) is 14.3. The smallest absolute Gasteiger partial charge is 0.462 e. The molecule has 53 heavy (non-hydrogen) atoms. The lowest BCUT2D eigenvalue weighted by molar-refractivity contribution is -0.161. The standard InChI is InChI=1S/C43H67O9P/c1-3-5-7-9-11-13-15-17-18-19-20-22-24-26-28-30-32-36-43(46)52-41(39-51-53(47,48)49)38-50-42(45)37-33-35-40(44)34-31-29-27-25-23-21-16-14-12-10-8-6-4-2/h5-8,11-14,17-18,20-23,27,29,31,34,40-41,44H,3-4,9-10,15-16,19,24-26,28,30,32-33,35-39H2,1-2H3,(H2,47,48,49)/b7-5-,8-6-,13-11-,14-12-,18-17-,22-20-,23-21-,29-27-,34-31+/t40?,41-/m1/s1. The molecule has 2 atom stereocenters. The zero-order valence-electron chi connectivity index (χ0n) is 32.2. The molecule has 0 aromatic rings. The molecule has 9 nitrogen and oxygen atoms in total. The Morgan fingerprint density at radius 3 is 1.62 bits per heavy atom. The molecule has 298 valence electrons. The van der Waals surface area contributed by atoms with E-state index in [1.54, 1.807) is 12.2 Å². The zero-order chi connectivity index (χ0) is 39.1. The lowest BCUT2D eigenvalue weighted by Gasteiger charge is -2.18. The monoisotopic (exact) mass is 758 g/mol. The van der Waals surface area contributed by atoms with Crippen molar-refractivity contribution < 1.29 is 43.0 Å². The summed E-state index contributed by atoms with van der Waals surface area (Å²) >= 11 is 0. The van der Waals surface area contributed by atoms with Gasteiger partial charge in [-0.15, -0.1) is 0 Å². The van der Waals surface area contributed by atoms with Gasteiger partial charge in [0.15, 0.2) is 6.10 Å². The fourth-order valence-corrected chi connectivity index (χ4v) is 4.93. The highest BCUT2D eigenvalue weighted by atomic mass is 31.2. The number of rotatable bonds is 33. The first kappa shape index (κ1) is 49.7. The molecule has 0 amide bonds. The number of unbranched alkanes of at least 4 members (excludes halogenated alkanes) is 4. The minimum atomic E-state index is -4.81. The summed E-state index contributed by atoms with van der Waals surface area (Å²) in [5.41, 5.74) is 0. The number of phosphoric ester groups is 1. The van der Waals surface area contributed by atoms with Gasteiger partial charge in [0.1, 0.15) is 6.61 Å². The number of ether oxygens (including phenoxy) is 2. The summed E-state index contributed by atoms with van der Waals surface area (Å²) in [6, 6.07) is 0. The van der Waals surface area contributed by atoms with Gasteiger partial charge in [0.05, 0.1) is 12.7 Å². The second-order valence-corrected chi connectivity index (χ2v) is 13.6. The summed E-state index contributed by atoms with van der Waals surface area (Å²) in [6.07, 6.45) is 48.4. The number of phosphoric acid groups is 1. The maximum atomic E-state index is 12.4. The number of hydrogen-bond acceptors (Lipinski definition) is 7. The molecule has 10 heteroatoms. The Labute approximate surface area is 319 Å². The molecule has 0 aliphatic carbocycles. The molecular weight excluding hydrogens is 691 g/mol. The van der Waals surface area contributed by atoms with Crippen LogP contribution < -0.4 is 0 Å². The summed E-state index contributed by atoms with van der Waals surface area (Å²) < 4.78 is 26.2. The minimum Gasteiger partial charge on any atom is -0.462 e. The van der Waals surface area contributed by atoms with Crippen LogP contribution in [0, 0.1) is 0 Å². The van der Waals surface area contributed by atoms with Gasteiger partial charge in [-0.25, -0.2) is 4.57 Å². The van der Waals surface area contributed by atoms with Crippen molar-refractivity contribution in [2.45, 2.75) is 135 Å². The predicted molar refractivity (Wildman–Crippen MR) is 217 cm³/mol. The summed E-state index contributed by atoms with van der Waals surface area (Å²) in [6.45, 7) is 3.24. The van der Waals surface area contributed by atoms with Crippen molar-refractivity contribution in [3.05, 3.63) is 109 Å².